The van der Waals surface area contributed by atoms with Crippen LogP contribution in [0.4, 0.5) is 0 Å². The van der Waals surface area contributed by atoms with Crippen molar-refractivity contribution in [1.82, 2.24) is 0 Å². The standard InChI is InChI=1S/C23H34O2/c1-5-22(3,4)20-6-8-21(9-7-20)24-16(2)25-23-13-17-10-18(14-23)12-19(11-17)15-23/h6-9,16-19H,5,10-15H2,1-4H3. The van der Waals surface area contributed by atoms with Gasteiger partial charge in [-0.2, -0.15) is 0 Å². The summed E-state index contributed by atoms with van der Waals surface area (Å²) in [6.07, 6.45) is 9.11. The van der Waals surface area contributed by atoms with E-state index in [2.05, 4.69) is 52.0 Å². The molecule has 0 saturated heterocycles. The molecule has 0 spiro atoms. The highest BCUT2D eigenvalue weighted by molar-refractivity contribution is 5.31. The molecule has 1 aromatic carbocycles. The maximum atomic E-state index is 6.55. The Balaban J connectivity index is 1.38. The van der Waals surface area contributed by atoms with Crippen molar-refractivity contribution in [3.8, 4) is 5.75 Å². The largest absolute Gasteiger partial charge is 0.465 e. The minimum absolute atomic E-state index is 0.109. The Labute approximate surface area is 153 Å². The first-order valence-electron chi connectivity index (χ1n) is 10.3. The Hall–Kier alpha value is -1.02. The van der Waals surface area contributed by atoms with Crippen LogP contribution in [0, 0.1) is 17.8 Å². The Morgan fingerprint density at radius 3 is 2.00 bits per heavy atom. The minimum Gasteiger partial charge on any atom is -0.465 e. The molecule has 4 aliphatic rings. The topological polar surface area (TPSA) is 18.5 Å². The highest BCUT2D eigenvalue weighted by Crippen LogP contribution is 2.57. The molecule has 4 bridgehead atoms. The van der Waals surface area contributed by atoms with Crippen LogP contribution in [0.15, 0.2) is 24.3 Å². The van der Waals surface area contributed by atoms with Gasteiger partial charge >= 0.3 is 0 Å². The van der Waals surface area contributed by atoms with Crippen LogP contribution in [0.2, 0.25) is 0 Å². The van der Waals surface area contributed by atoms with Crippen LogP contribution < -0.4 is 4.74 Å². The fourth-order valence-electron chi connectivity index (χ4n) is 5.93. The normalized spacial score (nSPS) is 35.0. The monoisotopic (exact) mass is 342 g/mol. The van der Waals surface area contributed by atoms with E-state index in [0.29, 0.717) is 0 Å². The summed E-state index contributed by atoms with van der Waals surface area (Å²) in [6, 6.07) is 8.62. The number of benzene rings is 1. The van der Waals surface area contributed by atoms with Crippen LogP contribution in [0.1, 0.15) is 78.2 Å². The van der Waals surface area contributed by atoms with E-state index < -0.39 is 0 Å². The van der Waals surface area contributed by atoms with Gasteiger partial charge in [0.25, 0.3) is 0 Å². The molecule has 4 aliphatic carbocycles. The molecule has 0 heterocycles. The van der Waals surface area contributed by atoms with E-state index in [9.17, 15) is 0 Å². The summed E-state index contributed by atoms with van der Waals surface area (Å²) < 4.78 is 12.7. The van der Waals surface area contributed by atoms with Gasteiger partial charge in [0.2, 0.25) is 0 Å². The lowest BCUT2D eigenvalue weighted by Gasteiger charge is -2.56. The average Bonchev–Trinajstić information content (AvgIpc) is 2.53. The molecule has 0 amide bonds. The Bertz CT molecular complexity index is 566. The van der Waals surface area contributed by atoms with E-state index in [4.69, 9.17) is 9.47 Å². The van der Waals surface area contributed by atoms with Gasteiger partial charge < -0.3 is 9.47 Å². The maximum absolute atomic E-state index is 6.55. The quantitative estimate of drug-likeness (QED) is 0.583. The third-order valence-electron chi connectivity index (χ3n) is 7.22. The van der Waals surface area contributed by atoms with E-state index >= 15 is 0 Å². The highest BCUT2D eigenvalue weighted by Gasteiger charge is 2.52. The first kappa shape index (κ1) is 17.4. The van der Waals surface area contributed by atoms with Crippen molar-refractivity contribution in [3.05, 3.63) is 29.8 Å². The Morgan fingerprint density at radius 1 is 1.00 bits per heavy atom. The summed E-state index contributed by atoms with van der Waals surface area (Å²) in [7, 11) is 0. The first-order valence-corrected chi connectivity index (χ1v) is 10.3. The molecule has 4 saturated carbocycles. The summed E-state index contributed by atoms with van der Waals surface area (Å²) in [5, 5.41) is 0. The van der Waals surface area contributed by atoms with Gasteiger partial charge in [-0.25, -0.2) is 0 Å². The lowest BCUT2D eigenvalue weighted by atomic mass is 9.54. The molecule has 2 nitrogen and oxygen atoms in total. The SMILES string of the molecule is CCC(C)(C)c1ccc(OC(C)OC23CC4CC(CC(C4)C2)C3)cc1. The zero-order valence-corrected chi connectivity index (χ0v) is 16.4. The Kier molecular flexibility index (Phi) is 4.38. The lowest BCUT2D eigenvalue weighted by molar-refractivity contribution is -0.225. The van der Waals surface area contributed by atoms with Gasteiger partial charge in [0.15, 0.2) is 6.29 Å². The Morgan fingerprint density at radius 2 is 1.52 bits per heavy atom. The molecule has 25 heavy (non-hydrogen) atoms. The number of ether oxygens (including phenoxy) is 2. The van der Waals surface area contributed by atoms with Crippen molar-refractivity contribution in [1.29, 1.82) is 0 Å². The molecule has 1 unspecified atom stereocenters. The molecule has 1 aromatic rings. The number of rotatable bonds is 6. The second-order valence-corrected chi connectivity index (χ2v) is 9.67. The highest BCUT2D eigenvalue weighted by atomic mass is 16.7. The van der Waals surface area contributed by atoms with Crippen molar-refractivity contribution in [3.63, 3.8) is 0 Å². The lowest BCUT2D eigenvalue weighted by Crippen LogP contribution is -2.53. The van der Waals surface area contributed by atoms with Crippen LogP contribution >= 0.6 is 0 Å². The van der Waals surface area contributed by atoms with E-state index in [1.165, 1.54) is 44.1 Å². The average molecular weight is 343 g/mol. The van der Waals surface area contributed by atoms with Crippen molar-refractivity contribution in [2.75, 3.05) is 0 Å². The van der Waals surface area contributed by atoms with Crippen LogP contribution in [0.3, 0.4) is 0 Å². The fraction of sp³-hybridized carbons (Fsp3) is 0.739. The summed E-state index contributed by atoms with van der Waals surface area (Å²) in [6.45, 7) is 8.90. The number of hydrogen-bond acceptors (Lipinski definition) is 2. The van der Waals surface area contributed by atoms with Crippen LogP contribution in [-0.4, -0.2) is 11.9 Å². The van der Waals surface area contributed by atoms with Crippen molar-refractivity contribution in [2.24, 2.45) is 17.8 Å². The number of hydrogen-bond donors (Lipinski definition) is 0. The van der Waals surface area contributed by atoms with Gasteiger partial charge in [-0.15, -0.1) is 0 Å². The van der Waals surface area contributed by atoms with Gasteiger partial charge in [0.05, 0.1) is 5.60 Å². The van der Waals surface area contributed by atoms with Crippen LogP contribution in [-0.2, 0) is 10.2 Å². The molecule has 138 valence electrons. The summed E-state index contributed by atoms with van der Waals surface area (Å²) >= 11 is 0. The molecule has 0 N–H and O–H groups in total. The van der Waals surface area contributed by atoms with Gasteiger partial charge in [-0.3, -0.25) is 0 Å². The van der Waals surface area contributed by atoms with Gasteiger partial charge in [0, 0.05) is 0 Å². The first-order chi connectivity index (χ1) is 11.9. The predicted octanol–water partition coefficient (Wildman–Crippen LogP) is 6.08. The van der Waals surface area contributed by atoms with Gasteiger partial charge in [-0.1, -0.05) is 32.9 Å². The third kappa shape index (κ3) is 3.47. The summed E-state index contributed by atoms with van der Waals surface area (Å²) in [5.41, 5.74) is 1.70. The predicted molar refractivity (Wildman–Crippen MR) is 102 cm³/mol. The maximum Gasteiger partial charge on any atom is 0.197 e. The van der Waals surface area contributed by atoms with E-state index in [1.807, 2.05) is 0 Å². The second-order valence-electron chi connectivity index (χ2n) is 9.67. The van der Waals surface area contributed by atoms with Crippen LogP contribution in [0.25, 0.3) is 0 Å². The minimum atomic E-state index is -0.165. The third-order valence-corrected chi connectivity index (χ3v) is 7.22. The molecule has 1 atom stereocenters. The molecular weight excluding hydrogens is 308 g/mol. The van der Waals surface area contributed by atoms with Gasteiger partial charge in [0.1, 0.15) is 5.75 Å². The zero-order valence-electron chi connectivity index (χ0n) is 16.4. The molecular formula is C23H34O2. The second kappa shape index (κ2) is 6.30. The van der Waals surface area contributed by atoms with E-state index in [-0.39, 0.29) is 17.3 Å². The fourth-order valence-corrected chi connectivity index (χ4v) is 5.93. The molecule has 0 radical (unpaired) electrons. The van der Waals surface area contributed by atoms with Crippen LogP contribution in [0.5, 0.6) is 5.75 Å². The van der Waals surface area contributed by atoms with Crippen molar-refractivity contribution in [2.45, 2.75) is 89.9 Å². The molecule has 4 fully saturated rings. The smallest absolute Gasteiger partial charge is 0.197 e. The van der Waals surface area contributed by atoms with Gasteiger partial charge in [-0.05, 0) is 92.7 Å². The molecule has 5 rings (SSSR count). The summed E-state index contributed by atoms with van der Waals surface area (Å²) in [5.74, 6) is 3.66. The van der Waals surface area contributed by atoms with E-state index in [1.54, 1.807) is 0 Å². The summed E-state index contributed by atoms with van der Waals surface area (Å²) in [4.78, 5) is 0. The van der Waals surface area contributed by atoms with Crippen molar-refractivity contribution < 1.29 is 9.47 Å². The zero-order chi connectivity index (χ0) is 17.7. The molecule has 0 aliphatic heterocycles. The molecule has 2 heteroatoms. The molecule has 0 aromatic heterocycles. The van der Waals surface area contributed by atoms with E-state index in [0.717, 1.165) is 29.9 Å². The van der Waals surface area contributed by atoms with Crippen molar-refractivity contribution >= 4 is 0 Å².